The lowest BCUT2D eigenvalue weighted by atomic mass is 10.1. The molecule has 10 heteroatoms. The fourth-order valence-corrected chi connectivity index (χ4v) is 6.11. The summed E-state index contributed by atoms with van der Waals surface area (Å²) >= 11 is 1.42. The highest BCUT2D eigenvalue weighted by molar-refractivity contribution is 7.92. The molecule has 8 nitrogen and oxygen atoms in total. The highest BCUT2D eigenvalue weighted by Gasteiger charge is 2.27. The first-order chi connectivity index (χ1) is 17.4. The number of nitrogens with zero attached hydrogens (tertiary/aromatic N) is 2. The quantitative estimate of drug-likeness (QED) is 0.352. The average Bonchev–Trinajstić information content (AvgIpc) is 3.57. The van der Waals surface area contributed by atoms with E-state index in [1.54, 1.807) is 54.5 Å². The topological polar surface area (TPSA) is 97.8 Å². The normalized spacial score (nSPS) is 15.6. The van der Waals surface area contributed by atoms with E-state index in [1.807, 2.05) is 18.2 Å². The Morgan fingerprint density at radius 1 is 1.14 bits per heavy atom. The molecule has 36 heavy (non-hydrogen) atoms. The van der Waals surface area contributed by atoms with E-state index in [0.29, 0.717) is 29.5 Å². The van der Waals surface area contributed by atoms with Crippen LogP contribution in [0.5, 0.6) is 5.75 Å². The molecule has 1 unspecified atom stereocenters. The number of fused-ring (bicyclic) bond motifs is 1. The minimum absolute atomic E-state index is 0.0625. The van der Waals surface area contributed by atoms with Crippen molar-refractivity contribution in [2.45, 2.75) is 23.8 Å². The van der Waals surface area contributed by atoms with Crippen molar-refractivity contribution in [3.8, 4) is 5.75 Å². The van der Waals surface area contributed by atoms with Crippen molar-refractivity contribution >= 4 is 48.3 Å². The van der Waals surface area contributed by atoms with Crippen LogP contribution in [0.25, 0.3) is 10.2 Å². The number of benzene rings is 3. The van der Waals surface area contributed by atoms with Crippen LogP contribution in [0.1, 0.15) is 23.2 Å². The Hall–Kier alpha value is -3.47. The summed E-state index contributed by atoms with van der Waals surface area (Å²) in [5.74, 6) is 0.497. The van der Waals surface area contributed by atoms with Gasteiger partial charge in [-0.25, -0.2) is 13.4 Å². The number of amides is 1. The number of carbonyl (C=O) groups excluding carboxylic acids is 1. The van der Waals surface area contributed by atoms with Crippen LogP contribution in [0.15, 0.2) is 77.7 Å². The predicted molar refractivity (Wildman–Crippen MR) is 141 cm³/mol. The number of carbonyl (C=O) groups is 1. The van der Waals surface area contributed by atoms with Gasteiger partial charge in [-0.05, 0) is 67.4 Å². The van der Waals surface area contributed by atoms with Crippen molar-refractivity contribution in [1.29, 1.82) is 0 Å². The van der Waals surface area contributed by atoms with Gasteiger partial charge in [-0.2, -0.15) is 0 Å². The van der Waals surface area contributed by atoms with E-state index in [2.05, 4.69) is 4.72 Å². The number of methoxy groups -OCH3 is 1. The SMILES string of the molecule is COc1ccc2nc(N(CC3CCCO3)C(=O)c3ccc(NS(=O)(=O)c4ccccc4)cc3)sc2c1. The maximum absolute atomic E-state index is 13.6. The molecular formula is C26H25N3O5S2. The van der Waals surface area contributed by atoms with Gasteiger partial charge in [0, 0.05) is 17.9 Å². The molecule has 1 aromatic heterocycles. The lowest BCUT2D eigenvalue weighted by molar-refractivity contribution is 0.0917. The first-order valence-electron chi connectivity index (χ1n) is 11.5. The van der Waals surface area contributed by atoms with E-state index in [1.165, 1.54) is 23.5 Å². The summed E-state index contributed by atoms with van der Waals surface area (Å²) in [6, 6.07) is 20.1. The Bertz CT molecular complexity index is 1460. The fourth-order valence-electron chi connectivity index (χ4n) is 4.03. The van der Waals surface area contributed by atoms with Gasteiger partial charge >= 0.3 is 0 Å². The molecule has 186 valence electrons. The highest BCUT2D eigenvalue weighted by Crippen LogP contribution is 2.33. The molecule has 1 fully saturated rings. The second-order valence-corrected chi connectivity index (χ2v) is 11.1. The largest absolute Gasteiger partial charge is 0.497 e. The van der Waals surface area contributed by atoms with Gasteiger partial charge in [-0.15, -0.1) is 0 Å². The molecule has 0 saturated carbocycles. The van der Waals surface area contributed by atoms with Crippen molar-refractivity contribution in [1.82, 2.24) is 4.98 Å². The minimum Gasteiger partial charge on any atom is -0.497 e. The first kappa shape index (κ1) is 24.2. The minimum atomic E-state index is -3.72. The zero-order chi connectivity index (χ0) is 25.1. The first-order valence-corrected chi connectivity index (χ1v) is 13.8. The van der Waals surface area contributed by atoms with Gasteiger partial charge in [0.1, 0.15) is 5.75 Å². The van der Waals surface area contributed by atoms with Gasteiger partial charge in [0.15, 0.2) is 5.13 Å². The lowest BCUT2D eigenvalue weighted by Gasteiger charge is -2.23. The number of hydrogen-bond donors (Lipinski definition) is 1. The van der Waals surface area contributed by atoms with E-state index in [-0.39, 0.29) is 16.9 Å². The van der Waals surface area contributed by atoms with Crippen LogP contribution in [-0.2, 0) is 14.8 Å². The summed E-state index contributed by atoms with van der Waals surface area (Å²) in [7, 11) is -2.11. The average molecular weight is 524 g/mol. The third-order valence-corrected chi connectivity index (χ3v) is 8.35. The van der Waals surface area contributed by atoms with Crippen LogP contribution in [0.4, 0.5) is 10.8 Å². The maximum atomic E-state index is 13.6. The number of ether oxygens (including phenoxy) is 2. The van der Waals surface area contributed by atoms with Crippen molar-refractivity contribution in [2.24, 2.45) is 0 Å². The van der Waals surface area contributed by atoms with Crippen LogP contribution >= 0.6 is 11.3 Å². The Morgan fingerprint density at radius 2 is 1.92 bits per heavy atom. The lowest BCUT2D eigenvalue weighted by Crippen LogP contribution is -2.37. The number of hydrogen-bond acceptors (Lipinski definition) is 7. The monoisotopic (exact) mass is 523 g/mol. The van der Waals surface area contributed by atoms with Crippen molar-refractivity contribution in [3.63, 3.8) is 0 Å². The molecule has 2 heterocycles. The number of sulfonamides is 1. The second kappa shape index (κ2) is 10.3. The Balaban J connectivity index is 1.40. The molecule has 3 aromatic carbocycles. The van der Waals surface area contributed by atoms with Crippen molar-refractivity contribution < 1.29 is 22.7 Å². The van der Waals surface area contributed by atoms with E-state index < -0.39 is 10.0 Å². The van der Waals surface area contributed by atoms with Gasteiger partial charge in [-0.1, -0.05) is 29.5 Å². The van der Waals surface area contributed by atoms with Gasteiger partial charge in [0.25, 0.3) is 15.9 Å². The highest BCUT2D eigenvalue weighted by atomic mass is 32.2. The third-order valence-electron chi connectivity index (χ3n) is 5.91. The van der Waals surface area contributed by atoms with Crippen LogP contribution in [0, 0.1) is 0 Å². The molecule has 4 aromatic rings. The van der Waals surface area contributed by atoms with Crippen molar-refractivity contribution in [2.75, 3.05) is 29.9 Å². The Morgan fingerprint density at radius 3 is 2.61 bits per heavy atom. The molecule has 1 atom stereocenters. The number of aromatic nitrogens is 1. The summed E-state index contributed by atoms with van der Waals surface area (Å²) in [5, 5.41) is 0.576. The van der Waals surface area contributed by atoms with Crippen LogP contribution in [-0.4, -0.2) is 45.7 Å². The fraction of sp³-hybridized carbons (Fsp3) is 0.231. The summed E-state index contributed by atoms with van der Waals surface area (Å²) < 4.78 is 39.8. The van der Waals surface area contributed by atoms with Gasteiger partial charge in [-0.3, -0.25) is 14.4 Å². The standard InChI is InChI=1S/C26H25N3O5S2/c1-33-20-13-14-23-24(16-20)35-26(27-23)29(17-21-6-5-15-34-21)25(30)18-9-11-19(12-10-18)28-36(31,32)22-7-3-2-4-8-22/h2-4,7-14,16,21,28H,5-6,15,17H2,1H3. The zero-order valence-electron chi connectivity index (χ0n) is 19.6. The van der Waals surface area contributed by atoms with Gasteiger partial charge in [0.2, 0.25) is 0 Å². The molecule has 1 aliphatic rings. The van der Waals surface area contributed by atoms with E-state index in [9.17, 15) is 13.2 Å². The Kier molecular flexibility index (Phi) is 6.90. The molecule has 5 rings (SSSR count). The summed E-state index contributed by atoms with van der Waals surface area (Å²) in [5.41, 5.74) is 1.58. The molecule has 0 bridgehead atoms. The summed E-state index contributed by atoms with van der Waals surface area (Å²) in [6.07, 6.45) is 1.77. The molecule has 1 aliphatic heterocycles. The van der Waals surface area contributed by atoms with E-state index in [0.717, 1.165) is 28.8 Å². The molecule has 0 aliphatic carbocycles. The molecule has 1 N–H and O–H groups in total. The predicted octanol–water partition coefficient (Wildman–Crippen LogP) is 4.93. The van der Waals surface area contributed by atoms with Gasteiger partial charge < -0.3 is 9.47 Å². The van der Waals surface area contributed by atoms with Gasteiger partial charge in [0.05, 0.1) is 34.9 Å². The van der Waals surface area contributed by atoms with Crippen LogP contribution < -0.4 is 14.4 Å². The number of nitrogens with one attached hydrogen (secondary N) is 1. The Labute approximate surface area is 213 Å². The zero-order valence-corrected chi connectivity index (χ0v) is 21.2. The van der Waals surface area contributed by atoms with Crippen LogP contribution in [0.2, 0.25) is 0 Å². The molecule has 1 saturated heterocycles. The number of thiazole rings is 1. The van der Waals surface area contributed by atoms with E-state index in [4.69, 9.17) is 14.5 Å². The number of rotatable bonds is 8. The third kappa shape index (κ3) is 5.20. The smallest absolute Gasteiger partial charge is 0.261 e. The van der Waals surface area contributed by atoms with Crippen LogP contribution in [0.3, 0.4) is 0 Å². The molecule has 0 spiro atoms. The second-order valence-electron chi connectivity index (χ2n) is 8.38. The summed E-state index contributed by atoms with van der Waals surface area (Å²) in [6.45, 7) is 1.07. The number of anilines is 2. The van der Waals surface area contributed by atoms with E-state index >= 15 is 0 Å². The molecular weight excluding hydrogens is 498 g/mol. The van der Waals surface area contributed by atoms with Crippen molar-refractivity contribution in [3.05, 3.63) is 78.4 Å². The molecule has 1 amide bonds. The maximum Gasteiger partial charge on any atom is 0.261 e. The molecule has 0 radical (unpaired) electrons. The summed E-state index contributed by atoms with van der Waals surface area (Å²) in [4.78, 5) is 20.1.